The molecule has 0 aromatic heterocycles. The predicted molar refractivity (Wildman–Crippen MR) is 82.1 cm³/mol. The number of likely N-dealkylation sites (tertiary alicyclic amines) is 1. The molecular weight excluding hydrogens is 272 g/mol. The summed E-state index contributed by atoms with van der Waals surface area (Å²) in [6.45, 7) is 2.85. The average molecular weight is 292 g/mol. The third-order valence-corrected chi connectivity index (χ3v) is 4.31. The molecule has 1 aromatic carbocycles. The summed E-state index contributed by atoms with van der Waals surface area (Å²) in [6, 6.07) is 5.89. The number of hydrogen-bond donors (Lipinski definition) is 1. The lowest BCUT2D eigenvalue weighted by molar-refractivity contribution is -0.0412. The van der Waals surface area contributed by atoms with Crippen LogP contribution in [-0.2, 0) is 11.3 Å². The van der Waals surface area contributed by atoms with Gasteiger partial charge in [0.05, 0.1) is 19.3 Å². The number of methoxy groups -OCH3 is 1. The molecule has 0 saturated carbocycles. The lowest BCUT2D eigenvalue weighted by Crippen LogP contribution is -2.42. The Morgan fingerprint density at radius 2 is 2.10 bits per heavy atom. The van der Waals surface area contributed by atoms with Crippen molar-refractivity contribution in [2.45, 2.75) is 31.6 Å². The van der Waals surface area contributed by atoms with Crippen molar-refractivity contribution in [1.82, 2.24) is 4.90 Å². The summed E-state index contributed by atoms with van der Waals surface area (Å²) in [5, 5.41) is 0. The molecule has 4 nitrogen and oxygen atoms in total. The molecule has 2 unspecified atom stereocenters. The minimum absolute atomic E-state index is 0.401. The fourth-order valence-electron chi connectivity index (χ4n) is 3.12. The van der Waals surface area contributed by atoms with E-state index in [4.69, 9.17) is 27.4 Å². The van der Waals surface area contributed by atoms with Crippen LogP contribution in [0.15, 0.2) is 18.2 Å². The Kier molecular flexibility index (Phi) is 3.92. The van der Waals surface area contributed by atoms with Crippen LogP contribution in [-0.4, -0.2) is 42.3 Å². The van der Waals surface area contributed by atoms with Gasteiger partial charge in [-0.25, -0.2) is 0 Å². The Bertz CT molecular complexity index is 509. The molecule has 0 spiro atoms. The Balaban J connectivity index is 1.78. The molecule has 2 aliphatic heterocycles. The number of nitrogens with zero attached hydrogens (tertiary/aromatic N) is 1. The van der Waals surface area contributed by atoms with Crippen molar-refractivity contribution in [2.24, 2.45) is 5.73 Å². The molecule has 0 aliphatic carbocycles. The van der Waals surface area contributed by atoms with Crippen LogP contribution in [0, 0.1) is 0 Å². The number of nitrogens with two attached hydrogens (primary N) is 1. The molecule has 108 valence electrons. The van der Waals surface area contributed by atoms with E-state index in [2.05, 4.69) is 4.90 Å². The number of rotatable bonds is 4. The van der Waals surface area contributed by atoms with Gasteiger partial charge in [0, 0.05) is 30.8 Å². The van der Waals surface area contributed by atoms with Gasteiger partial charge in [0.1, 0.15) is 10.7 Å². The van der Waals surface area contributed by atoms with E-state index in [0.717, 1.165) is 36.5 Å². The summed E-state index contributed by atoms with van der Waals surface area (Å²) >= 11 is 5.06. The summed E-state index contributed by atoms with van der Waals surface area (Å²) in [4.78, 5) is 2.86. The van der Waals surface area contributed by atoms with Crippen molar-refractivity contribution in [2.75, 3.05) is 20.2 Å². The van der Waals surface area contributed by atoms with Crippen LogP contribution in [0.25, 0.3) is 0 Å². The minimum Gasteiger partial charge on any atom is -0.496 e. The average Bonchev–Trinajstić information content (AvgIpc) is 2.78. The highest BCUT2D eigenvalue weighted by atomic mass is 32.1. The Morgan fingerprint density at radius 3 is 2.70 bits per heavy atom. The van der Waals surface area contributed by atoms with Crippen molar-refractivity contribution in [3.63, 3.8) is 0 Å². The van der Waals surface area contributed by atoms with E-state index in [1.807, 2.05) is 18.2 Å². The second-order valence-corrected chi connectivity index (χ2v) is 5.98. The van der Waals surface area contributed by atoms with Gasteiger partial charge in [-0.2, -0.15) is 0 Å². The zero-order valence-corrected chi connectivity index (χ0v) is 12.5. The first-order valence-electron chi connectivity index (χ1n) is 7.00. The highest BCUT2D eigenvalue weighted by Gasteiger charge is 2.33. The number of hydrogen-bond acceptors (Lipinski definition) is 4. The van der Waals surface area contributed by atoms with E-state index < -0.39 is 0 Å². The minimum atomic E-state index is 0.401. The van der Waals surface area contributed by atoms with E-state index in [9.17, 15) is 0 Å². The maximum atomic E-state index is 5.87. The molecule has 0 amide bonds. The lowest BCUT2D eigenvalue weighted by atomic mass is 10.1. The molecule has 2 saturated heterocycles. The third-order valence-electron chi connectivity index (χ3n) is 4.08. The van der Waals surface area contributed by atoms with Crippen LogP contribution in [0.2, 0.25) is 0 Å². The van der Waals surface area contributed by atoms with Crippen molar-refractivity contribution in [3.8, 4) is 5.75 Å². The standard InChI is InChI=1S/C15H20N2O2S/c1-18-14-5-2-10(15(16)20)6-11(14)7-17-8-12-3-4-13(9-17)19-12/h2,5-6,12-13H,3-4,7-9H2,1H3,(H2,16,20). The van der Waals surface area contributed by atoms with Crippen molar-refractivity contribution < 1.29 is 9.47 Å². The molecule has 2 fully saturated rings. The number of thiocarbonyl (C=S) groups is 1. The number of morpholine rings is 1. The molecule has 2 heterocycles. The second-order valence-electron chi connectivity index (χ2n) is 5.54. The maximum Gasteiger partial charge on any atom is 0.123 e. The first-order chi connectivity index (χ1) is 9.65. The van der Waals surface area contributed by atoms with E-state index >= 15 is 0 Å². The molecule has 1 aromatic rings. The number of fused-ring (bicyclic) bond motifs is 2. The van der Waals surface area contributed by atoms with Crippen LogP contribution in [0.3, 0.4) is 0 Å². The van der Waals surface area contributed by atoms with E-state index in [0.29, 0.717) is 17.2 Å². The van der Waals surface area contributed by atoms with E-state index in [1.165, 1.54) is 12.8 Å². The highest BCUT2D eigenvalue weighted by Crippen LogP contribution is 2.29. The van der Waals surface area contributed by atoms with Gasteiger partial charge in [-0.3, -0.25) is 4.90 Å². The number of benzene rings is 1. The largest absolute Gasteiger partial charge is 0.496 e. The molecule has 3 rings (SSSR count). The van der Waals surface area contributed by atoms with Gasteiger partial charge >= 0.3 is 0 Å². The van der Waals surface area contributed by atoms with Gasteiger partial charge in [0.2, 0.25) is 0 Å². The third kappa shape index (κ3) is 2.80. The zero-order chi connectivity index (χ0) is 14.1. The predicted octanol–water partition coefficient (Wildman–Crippen LogP) is 1.69. The Morgan fingerprint density at radius 1 is 1.40 bits per heavy atom. The summed E-state index contributed by atoms with van der Waals surface area (Å²) in [5.74, 6) is 0.892. The topological polar surface area (TPSA) is 47.7 Å². The van der Waals surface area contributed by atoms with Gasteiger partial charge in [-0.05, 0) is 31.0 Å². The summed E-state index contributed by atoms with van der Waals surface area (Å²) < 4.78 is 11.3. The zero-order valence-electron chi connectivity index (χ0n) is 11.7. The normalized spacial score (nSPS) is 25.6. The Labute approximate surface area is 124 Å². The van der Waals surface area contributed by atoms with Crippen LogP contribution < -0.4 is 10.5 Å². The first-order valence-corrected chi connectivity index (χ1v) is 7.41. The van der Waals surface area contributed by atoms with Crippen LogP contribution in [0.4, 0.5) is 0 Å². The van der Waals surface area contributed by atoms with Crippen molar-refractivity contribution in [3.05, 3.63) is 29.3 Å². The monoisotopic (exact) mass is 292 g/mol. The lowest BCUT2D eigenvalue weighted by Gasteiger charge is -2.32. The quantitative estimate of drug-likeness (QED) is 0.856. The molecule has 2 atom stereocenters. The van der Waals surface area contributed by atoms with E-state index in [1.54, 1.807) is 7.11 Å². The maximum absolute atomic E-state index is 5.87. The van der Waals surface area contributed by atoms with Gasteiger partial charge in [-0.15, -0.1) is 0 Å². The second kappa shape index (κ2) is 5.68. The molecule has 5 heteroatoms. The fourth-order valence-corrected chi connectivity index (χ4v) is 3.25. The molecule has 2 bridgehead atoms. The van der Waals surface area contributed by atoms with Gasteiger partial charge in [0.25, 0.3) is 0 Å². The summed E-state index contributed by atoms with van der Waals surface area (Å²) in [7, 11) is 1.70. The van der Waals surface area contributed by atoms with Crippen LogP contribution in [0.1, 0.15) is 24.0 Å². The molecule has 20 heavy (non-hydrogen) atoms. The van der Waals surface area contributed by atoms with Crippen LogP contribution in [0.5, 0.6) is 5.75 Å². The highest BCUT2D eigenvalue weighted by molar-refractivity contribution is 7.80. The fraction of sp³-hybridized carbons (Fsp3) is 0.533. The molecule has 2 N–H and O–H groups in total. The number of ether oxygens (including phenoxy) is 2. The van der Waals surface area contributed by atoms with Crippen LogP contribution >= 0.6 is 12.2 Å². The van der Waals surface area contributed by atoms with Gasteiger partial charge in [-0.1, -0.05) is 12.2 Å². The van der Waals surface area contributed by atoms with Gasteiger partial charge in [0.15, 0.2) is 0 Å². The van der Waals surface area contributed by atoms with Crippen molar-refractivity contribution >= 4 is 17.2 Å². The Hall–Kier alpha value is -1.17. The molecular formula is C15H20N2O2S. The molecule has 2 aliphatic rings. The summed E-state index contributed by atoms with van der Waals surface area (Å²) in [5.41, 5.74) is 7.75. The van der Waals surface area contributed by atoms with Crippen molar-refractivity contribution in [1.29, 1.82) is 0 Å². The van der Waals surface area contributed by atoms with Gasteiger partial charge < -0.3 is 15.2 Å². The summed E-state index contributed by atoms with van der Waals surface area (Å²) in [6.07, 6.45) is 3.17. The van der Waals surface area contributed by atoms with E-state index in [-0.39, 0.29) is 0 Å². The smallest absolute Gasteiger partial charge is 0.123 e. The molecule has 0 radical (unpaired) electrons. The SMILES string of the molecule is COc1ccc(C(N)=S)cc1CN1CC2CCC(C1)O2. The first kappa shape index (κ1) is 13.8.